The summed E-state index contributed by atoms with van der Waals surface area (Å²) in [6.45, 7) is 0.203. The van der Waals surface area contributed by atoms with Gasteiger partial charge in [0.15, 0.2) is 0 Å². The van der Waals surface area contributed by atoms with Gasteiger partial charge in [0.25, 0.3) is 5.91 Å². The summed E-state index contributed by atoms with van der Waals surface area (Å²) in [5, 5.41) is 16.2. The van der Waals surface area contributed by atoms with Crippen LogP contribution in [-0.4, -0.2) is 46.3 Å². The third kappa shape index (κ3) is 2.36. The highest BCUT2D eigenvalue weighted by atomic mass is 32.1. The number of nitrogen functional groups attached to an aromatic ring is 1. The molecule has 0 unspecified atom stereocenters. The Morgan fingerprint density at radius 1 is 1.69 bits per heavy atom. The Morgan fingerprint density at radius 2 is 2.38 bits per heavy atom. The van der Waals surface area contributed by atoms with E-state index in [0.717, 1.165) is 11.3 Å². The minimum absolute atomic E-state index is 0.0729. The minimum atomic E-state index is -0.275. The molecule has 7 heteroatoms. The van der Waals surface area contributed by atoms with Gasteiger partial charge in [-0.15, -0.1) is 10.2 Å². The number of carbonyl (C=O) groups is 1. The molecular formula is C6H10N4O2S. The first-order valence-corrected chi connectivity index (χ1v) is 4.42. The molecule has 0 radical (unpaired) electrons. The fraction of sp³-hybridized carbons (Fsp3) is 0.500. The first-order chi connectivity index (χ1) is 6.15. The Labute approximate surface area is 79.0 Å². The molecule has 1 rings (SSSR count). The van der Waals surface area contributed by atoms with Crippen molar-refractivity contribution in [2.45, 2.75) is 0 Å². The SMILES string of the molecule is CN(CCO)C(=O)c1nnc(N)s1. The van der Waals surface area contributed by atoms with E-state index >= 15 is 0 Å². The molecule has 0 aliphatic carbocycles. The van der Waals surface area contributed by atoms with E-state index < -0.39 is 0 Å². The van der Waals surface area contributed by atoms with Crippen LogP contribution in [0.4, 0.5) is 5.13 Å². The van der Waals surface area contributed by atoms with Gasteiger partial charge in [-0.05, 0) is 0 Å². The molecule has 0 spiro atoms. The monoisotopic (exact) mass is 202 g/mol. The molecule has 0 fully saturated rings. The van der Waals surface area contributed by atoms with Crippen molar-refractivity contribution in [3.63, 3.8) is 0 Å². The van der Waals surface area contributed by atoms with Gasteiger partial charge in [-0.25, -0.2) is 0 Å². The van der Waals surface area contributed by atoms with Crippen LogP contribution < -0.4 is 5.73 Å². The summed E-state index contributed by atoms with van der Waals surface area (Å²) < 4.78 is 0. The fourth-order valence-corrected chi connectivity index (χ4v) is 1.34. The van der Waals surface area contributed by atoms with Crippen LogP contribution in [0.5, 0.6) is 0 Å². The topological polar surface area (TPSA) is 92.3 Å². The Bertz CT molecular complexity index is 301. The van der Waals surface area contributed by atoms with Crippen molar-refractivity contribution in [1.29, 1.82) is 0 Å². The van der Waals surface area contributed by atoms with Crippen LogP contribution in [0.2, 0.25) is 0 Å². The Balaban J connectivity index is 2.67. The molecule has 1 aromatic rings. The Hall–Kier alpha value is -1.21. The predicted octanol–water partition coefficient (Wildman–Crippen LogP) is -0.815. The molecule has 3 N–H and O–H groups in total. The minimum Gasteiger partial charge on any atom is -0.395 e. The number of nitrogens with two attached hydrogens (primary N) is 1. The third-order valence-electron chi connectivity index (χ3n) is 1.41. The van der Waals surface area contributed by atoms with Crippen molar-refractivity contribution in [1.82, 2.24) is 15.1 Å². The third-order valence-corrected chi connectivity index (χ3v) is 2.15. The van der Waals surface area contributed by atoms with Gasteiger partial charge in [0, 0.05) is 13.6 Å². The van der Waals surface area contributed by atoms with Crippen molar-refractivity contribution < 1.29 is 9.90 Å². The van der Waals surface area contributed by atoms with Gasteiger partial charge in [0.05, 0.1) is 6.61 Å². The number of aliphatic hydroxyl groups is 1. The van der Waals surface area contributed by atoms with Gasteiger partial charge in [0.2, 0.25) is 10.1 Å². The molecule has 0 atom stereocenters. The average molecular weight is 202 g/mol. The molecule has 6 nitrogen and oxygen atoms in total. The zero-order chi connectivity index (χ0) is 9.84. The van der Waals surface area contributed by atoms with E-state index in [1.165, 1.54) is 4.90 Å². The second kappa shape index (κ2) is 4.15. The molecule has 0 saturated carbocycles. The van der Waals surface area contributed by atoms with Crippen LogP contribution in [0.3, 0.4) is 0 Å². The van der Waals surface area contributed by atoms with E-state index in [2.05, 4.69) is 10.2 Å². The fourth-order valence-electron chi connectivity index (χ4n) is 0.736. The van der Waals surface area contributed by atoms with Crippen LogP contribution in [0.15, 0.2) is 0 Å². The number of hydrogen-bond donors (Lipinski definition) is 2. The van der Waals surface area contributed by atoms with Gasteiger partial charge in [0.1, 0.15) is 0 Å². The van der Waals surface area contributed by atoms with Crippen molar-refractivity contribution in [2.24, 2.45) is 0 Å². The number of rotatable bonds is 3. The molecule has 0 saturated heterocycles. The summed E-state index contributed by atoms with van der Waals surface area (Å²) in [4.78, 5) is 12.8. The number of likely N-dealkylation sites (N-methyl/N-ethyl adjacent to an activating group) is 1. The van der Waals surface area contributed by atoms with Crippen LogP contribution in [0.25, 0.3) is 0 Å². The lowest BCUT2D eigenvalue weighted by Crippen LogP contribution is -2.29. The van der Waals surface area contributed by atoms with Gasteiger partial charge >= 0.3 is 0 Å². The second-order valence-electron chi connectivity index (χ2n) is 2.40. The lowest BCUT2D eigenvalue weighted by atomic mass is 10.5. The van der Waals surface area contributed by atoms with E-state index in [4.69, 9.17) is 10.8 Å². The summed E-state index contributed by atoms with van der Waals surface area (Å²) in [7, 11) is 1.58. The van der Waals surface area contributed by atoms with Crippen molar-refractivity contribution in [2.75, 3.05) is 25.9 Å². The van der Waals surface area contributed by atoms with E-state index in [9.17, 15) is 4.79 Å². The van der Waals surface area contributed by atoms with Crippen LogP contribution in [0.1, 0.15) is 9.80 Å². The molecular weight excluding hydrogens is 192 g/mol. The van der Waals surface area contributed by atoms with E-state index in [1.54, 1.807) is 7.05 Å². The molecule has 72 valence electrons. The van der Waals surface area contributed by atoms with Crippen LogP contribution in [-0.2, 0) is 0 Å². The van der Waals surface area contributed by atoms with Crippen LogP contribution >= 0.6 is 11.3 Å². The van der Waals surface area contributed by atoms with Gasteiger partial charge < -0.3 is 15.7 Å². The highest BCUT2D eigenvalue weighted by molar-refractivity contribution is 7.16. The number of hydrogen-bond acceptors (Lipinski definition) is 6. The number of aromatic nitrogens is 2. The average Bonchev–Trinajstić information content (AvgIpc) is 2.51. The quantitative estimate of drug-likeness (QED) is 0.668. The molecule has 0 aliphatic heterocycles. The highest BCUT2D eigenvalue weighted by Crippen LogP contribution is 2.12. The predicted molar refractivity (Wildman–Crippen MR) is 48.4 cm³/mol. The van der Waals surface area contributed by atoms with Crippen molar-refractivity contribution in [3.05, 3.63) is 5.01 Å². The molecule has 1 amide bonds. The normalized spacial score (nSPS) is 10.0. The van der Waals surface area contributed by atoms with Gasteiger partial charge in [-0.3, -0.25) is 4.79 Å². The summed E-state index contributed by atoms with van der Waals surface area (Å²) in [6.07, 6.45) is 0. The Morgan fingerprint density at radius 3 is 2.85 bits per heavy atom. The number of anilines is 1. The maximum atomic E-state index is 11.4. The number of nitrogens with zero attached hydrogens (tertiary/aromatic N) is 3. The van der Waals surface area contributed by atoms with E-state index in [1.807, 2.05) is 0 Å². The molecule has 0 aromatic carbocycles. The summed E-state index contributed by atoms with van der Waals surface area (Å²) in [5.74, 6) is -0.275. The van der Waals surface area contributed by atoms with Gasteiger partial charge in [-0.1, -0.05) is 11.3 Å². The lowest BCUT2D eigenvalue weighted by Gasteiger charge is -2.12. The van der Waals surface area contributed by atoms with E-state index in [-0.39, 0.29) is 29.2 Å². The number of aliphatic hydroxyl groups excluding tert-OH is 1. The number of amides is 1. The zero-order valence-electron chi connectivity index (χ0n) is 7.10. The first kappa shape index (κ1) is 9.87. The number of carbonyl (C=O) groups excluding carboxylic acids is 1. The summed E-state index contributed by atoms with van der Waals surface area (Å²) in [5.41, 5.74) is 5.32. The molecule has 0 aliphatic rings. The molecule has 1 aromatic heterocycles. The zero-order valence-corrected chi connectivity index (χ0v) is 7.91. The molecule has 1 heterocycles. The first-order valence-electron chi connectivity index (χ1n) is 3.60. The summed E-state index contributed by atoms with van der Waals surface area (Å²) >= 11 is 1.03. The smallest absolute Gasteiger partial charge is 0.284 e. The van der Waals surface area contributed by atoms with Crippen molar-refractivity contribution >= 4 is 22.4 Å². The largest absolute Gasteiger partial charge is 0.395 e. The molecule has 13 heavy (non-hydrogen) atoms. The van der Waals surface area contributed by atoms with Crippen LogP contribution in [0, 0.1) is 0 Å². The maximum Gasteiger partial charge on any atom is 0.284 e. The second-order valence-corrected chi connectivity index (χ2v) is 3.40. The summed E-state index contributed by atoms with van der Waals surface area (Å²) in [6, 6.07) is 0. The van der Waals surface area contributed by atoms with Gasteiger partial charge in [-0.2, -0.15) is 0 Å². The lowest BCUT2D eigenvalue weighted by molar-refractivity contribution is 0.0766. The highest BCUT2D eigenvalue weighted by Gasteiger charge is 2.15. The molecule has 0 bridgehead atoms. The maximum absolute atomic E-state index is 11.4. The van der Waals surface area contributed by atoms with E-state index in [0.29, 0.717) is 0 Å². The Kier molecular flexibility index (Phi) is 3.15. The standard InChI is InChI=1S/C6H10N4O2S/c1-10(2-3-11)5(12)4-8-9-6(7)13-4/h11H,2-3H2,1H3,(H2,7,9). The van der Waals surface area contributed by atoms with Crippen molar-refractivity contribution in [3.8, 4) is 0 Å².